The van der Waals surface area contributed by atoms with Gasteiger partial charge in [0.2, 0.25) is 0 Å². The SMILES string of the molecule is CCNC(c1ccccc1C1CCC1)c1sc(C)nc1C. The summed E-state index contributed by atoms with van der Waals surface area (Å²) in [6.45, 7) is 7.39. The van der Waals surface area contributed by atoms with Crippen LogP contribution in [0, 0.1) is 13.8 Å². The van der Waals surface area contributed by atoms with Crippen molar-refractivity contribution in [1.82, 2.24) is 10.3 Å². The quantitative estimate of drug-likeness (QED) is 0.863. The number of aryl methyl sites for hydroxylation is 2. The van der Waals surface area contributed by atoms with Gasteiger partial charge in [-0.05, 0) is 50.3 Å². The minimum absolute atomic E-state index is 0.290. The summed E-state index contributed by atoms with van der Waals surface area (Å²) in [5, 5.41) is 4.84. The Kier molecular flexibility index (Phi) is 4.41. The van der Waals surface area contributed by atoms with Gasteiger partial charge in [-0.2, -0.15) is 0 Å². The summed E-state index contributed by atoms with van der Waals surface area (Å²) in [6.07, 6.45) is 4.07. The maximum atomic E-state index is 4.63. The van der Waals surface area contributed by atoms with E-state index in [4.69, 9.17) is 0 Å². The summed E-state index contributed by atoms with van der Waals surface area (Å²) in [5.41, 5.74) is 4.17. The maximum absolute atomic E-state index is 4.63. The van der Waals surface area contributed by atoms with Gasteiger partial charge in [-0.1, -0.05) is 37.6 Å². The Morgan fingerprint density at radius 2 is 2.05 bits per heavy atom. The van der Waals surface area contributed by atoms with Crippen molar-refractivity contribution in [2.45, 2.75) is 52.0 Å². The predicted octanol–water partition coefficient (Wildman–Crippen LogP) is 4.73. The van der Waals surface area contributed by atoms with Crippen molar-refractivity contribution in [1.29, 1.82) is 0 Å². The van der Waals surface area contributed by atoms with E-state index in [0.717, 1.165) is 17.5 Å². The molecule has 0 saturated heterocycles. The molecule has 1 aliphatic carbocycles. The fourth-order valence-corrected chi connectivity index (χ4v) is 4.25. The second-order valence-electron chi connectivity index (χ2n) is 5.93. The lowest BCUT2D eigenvalue weighted by molar-refractivity contribution is 0.414. The fourth-order valence-electron chi connectivity index (χ4n) is 3.23. The number of aromatic nitrogens is 1. The summed E-state index contributed by atoms with van der Waals surface area (Å²) in [5.74, 6) is 0.761. The summed E-state index contributed by atoms with van der Waals surface area (Å²) in [4.78, 5) is 6.00. The molecule has 1 aromatic carbocycles. The van der Waals surface area contributed by atoms with E-state index in [0.29, 0.717) is 0 Å². The molecule has 3 rings (SSSR count). The molecule has 0 aliphatic heterocycles. The van der Waals surface area contributed by atoms with Crippen molar-refractivity contribution in [3.63, 3.8) is 0 Å². The smallest absolute Gasteiger partial charge is 0.0900 e. The molecule has 2 nitrogen and oxygen atoms in total. The van der Waals surface area contributed by atoms with Crippen LogP contribution < -0.4 is 5.32 Å². The highest BCUT2D eigenvalue weighted by Crippen LogP contribution is 2.41. The lowest BCUT2D eigenvalue weighted by Crippen LogP contribution is -2.24. The molecule has 1 N–H and O–H groups in total. The molecule has 1 saturated carbocycles. The van der Waals surface area contributed by atoms with Crippen molar-refractivity contribution in [3.05, 3.63) is 51.0 Å². The Hall–Kier alpha value is -1.19. The van der Waals surface area contributed by atoms with Crippen molar-refractivity contribution >= 4 is 11.3 Å². The average molecular weight is 300 g/mol. The lowest BCUT2D eigenvalue weighted by Gasteiger charge is -2.30. The minimum Gasteiger partial charge on any atom is -0.306 e. The van der Waals surface area contributed by atoms with E-state index < -0.39 is 0 Å². The van der Waals surface area contributed by atoms with E-state index in [1.54, 1.807) is 5.56 Å². The molecule has 0 spiro atoms. The molecule has 1 fully saturated rings. The molecular formula is C18H24N2S. The van der Waals surface area contributed by atoms with Crippen LogP contribution in [-0.2, 0) is 0 Å². The summed E-state index contributed by atoms with van der Waals surface area (Å²) >= 11 is 1.83. The maximum Gasteiger partial charge on any atom is 0.0900 e. The van der Waals surface area contributed by atoms with Gasteiger partial charge in [0.25, 0.3) is 0 Å². The second-order valence-corrected chi connectivity index (χ2v) is 7.16. The third-order valence-electron chi connectivity index (χ3n) is 4.46. The van der Waals surface area contributed by atoms with Crippen LogP contribution in [0.1, 0.15) is 64.9 Å². The van der Waals surface area contributed by atoms with Crippen molar-refractivity contribution in [2.24, 2.45) is 0 Å². The van der Waals surface area contributed by atoms with Gasteiger partial charge in [-0.25, -0.2) is 4.98 Å². The van der Waals surface area contributed by atoms with Crippen LogP contribution >= 0.6 is 11.3 Å². The average Bonchev–Trinajstić information content (AvgIpc) is 2.74. The van der Waals surface area contributed by atoms with E-state index in [1.807, 2.05) is 11.3 Å². The molecule has 0 radical (unpaired) electrons. The van der Waals surface area contributed by atoms with Gasteiger partial charge < -0.3 is 5.32 Å². The molecule has 3 heteroatoms. The number of nitrogens with one attached hydrogen (secondary N) is 1. The summed E-state index contributed by atoms with van der Waals surface area (Å²) in [7, 11) is 0. The number of nitrogens with zero attached hydrogens (tertiary/aromatic N) is 1. The van der Waals surface area contributed by atoms with Crippen molar-refractivity contribution in [2.75, 3.05) is 6.54 Å². The number of hydrogen-bond donors (Lipinski definition) is 1. The molecule has 2 aromatic rings. The van der Waals surface area contributed by atoms with Gasteiger partial charge in [-0.15, -0.1) is 11.3 Å². The Balaban J connectivity index is 2.03. The normalized spacial score (nSPS) is 16.7. The number of rotatable bonds is 5. The Bertz CT molecular complexity index is 613. The van der Waals surface area contributed by atoms with Crippen LogP contribution in [0.3, 0.4) is 0 Å². The largest absolute Gasteiger partial charge is 0.306 e. The number of benzene rings is 1. The topological polar surface area (TPSA) is 24.9 Å². The molecule has 1 atom stereocenters. The van der Waals surface area contributed by atoms with Gasteiger partial charge >= 0.3 is 0 Å². The molecule has 1 heterocycles. The van der Waals surface area contributed by atoms with Gasteiger partial charge in [0.15, 0.2) is 0 Å². The predicted molar refractivity (Wildman–Crippen MR) is 90.1 cm³/mol. The monoisotopic (exact) mass is 300 g/mol. The molecule has 1 unspecified atom stereocenters. The first-order valence-corrected chi connectivity index (χ1v) is 8.78. The minimum atomic E-state index is 0.290. The molecule has 0 bridgehead atoms. The zero-order valence-electron chi connectivity index (χ0n) is 13.1. The first-order valence-electron chi connectivity index (χ1n) is 7.96. The standard InChI is InChI=1S/C18H24N2S/c1-4-19-17(18-12(2)20-13(3)21-18)16-11-6-5-10-15(16)14-8-7-9-14/h5-6,10-11,14,17,19H,4,7-9H2,1-3H3. The highest BCUT2D eigenvalue weighted by molar-refractivity contribution is 7.11. The Morgan fingerprint density at radius 3 is 2.62 bits per heavy atom. The molecule has 0 amide bonds. The second kappa shape index (κ2) is 6.29. The zero-order chi connectivity index (χ0) is 14.8. The van der Waals surface area contributed by atoms with Gasteiger partial charge in [0.05, 0.1) is 16.7 Å². The highest BCUT2D eigenvalue weighted by atomic mass is 32.1. The van der Waals surface area contributed by atoms with Crippen LogP contribution in [0.2, 0.25) is 0 Å². The van der Waals surface area contributed by atoms with Crippen LogP contribution in [0.25, 0.3) is 0 Å². The Morgan fingerprint density at radius 1 is 1.29 bits per heavy atom. The van der Waals surface area contributed by atoms with E-state index in [1.165, 1.54) is 35.4 Å². The first-order chi connectivity index (χ1) is 10.2. The third-order valence-corrected chi connectivity index (χ3v) is 5.60. The summed E-state index contributed by atoms with van der Waals surface area (Å²) in [6, 6.07) is 9.27. The molecule has 1 aliphatic rings. The van der Waals surface area contributed by atoms with E-state index in [-0.39, 0.29) is 6.04 Å². The molecular weight excluding hydrogens is 276 g/mol. The van der Waals surface area contributed by atoms with Crippen LogP contribution in [0.4, 0.5) is 0 Å². The highest BCUT2D eigenvalue weighted by Gasteiger charge is 2.27. The fraction of sp³-hybridized carbons (Fsp3) is 0.500. The molecule has 21 heavy (non-hydrogen) atoms. The summed E-state index contributed by atoms with van der Waals surface area (Å²) < 4.78 is 0. The van der Waals surface area contributed by atoms with Gasteiger partial charge in [-0.3, -0.25) is 0 Å². The van der Waals surface area contributed by atoms with Crippen LogP contribution in [-0.4, -0.2) is 11.5 Å². The van der Waals surface area contributed by atoms with Crippen molar-refractivity contribution < 1.29 is 0 Å². The molecule has 112 valence electrons. The molecule has 1 aromatic heterocycles. The van der Waals surface area contributed by atoms with Crippen molar-refractivity contribution in [3.8, 4) is 0 Å². The Labute approximate surface area is 131 Å². The van der Waals surface area contributed by atoms with E-state index in [2.05, 4.69) is 55.3 Å². The van der Waals surface area contributed by atoms with E-state index in [9.17, 15) is 0 Å². The van der Waals surface area contributed by atoms with Gasteiger partial charge in [0, 0.05) is 4.88 Å². The van der Waals surface area contributed by atoms with Crippen LogP contribution in [0.5, 0.6) is 0 Å². The number of hydrogen-bond acceptors (Lipinski definition) is 3. The number of thiazole rings is 1. The lowest BCUT2D eigenvalue weighted by atomic mass is 9.77. The zero-order valence-corrected chi connectivity index (χ0v) is 14.0. The van der Waals surface area contributed by atoms with E-state index >= 15 is 0 Å². The first kappa shape index (κ1) is 14.7. The van der Waals surface area contributed by atoms with Gasteiger partial charge in [0.1, 0.15) is 0 Å². The third kappa shape index (κ3) is 2.90. The van der Waals surface area contributed by atoms with Crippen LogP contribution in [0.15, 0.2) is 24.3 Å².